The normalized spacial score (nSPS) is 16.9. The van der Waals surface area contributed by atoms with Gasteiger partial charge < -0.3 is 9.47 Å². The Hall–Kier alpha value is -2.40. The van der Waals surface area contributed by atoms with Crippen molar-refractivity contribution in [3.05, 3.63) is 59.7 Å². The van der Waals surface area contributed by atoms with E-state index in [2.05, 4.69) is 11.8 Å². The van der Waals surface area contributed by atoms with Crippen molar-refractivity contribution in [2.24, 2.45) is 0 Å². The SMILES string of the molecule is C1#Cc2ccccc2OCCCCCCCCCCCCOc2ccccc21. The van der Waals surface area contributed by atoms with E-state index in [9.17, 15) is 0 Å². The van der Waals surface area contributed by atoms with Crippen LogP contribution in [0.5, 0.6) is 11.5 Å². The Balaban J connectivity index is 1.72. The molecular formula is C26H32O2. The van der Waals surface area contributed by atoms with E-state index in [0.29, 0.717) is 0 Å². The fraction of sp³-hybridized carbons (Fsp3) is 0.462. The fourth-order valence-corrected chi connectivity index (χ4v) is 3.51. The highest BCUT2D eigenvalue weighted by Crippen LogP contribution is 2.21. The number of hydrogen-bond donors (Lipinski definition) is 0. The molecule has 3 rings (SSSR count). The molecule has 0 aromatic heterocycles. The third-order valence-electron chi connectivity index (χ3n) is 5.16. The van der Waals surface area contributed by atoms with Gasteiger partial charge in [-0.2, -0.15) is 0 Å². The topological polar surface area (TPSA) is 18.5 Å². The van der Waals surface area contributed by atoms with Crippen LogP contribution in [0.4, 0.5) is 0 Å². The first-order valence-electron chi connectivity index (χ1n) is 10.9. The van der Waals surface area contributed by atoms with Gasteiger partial charge in [0.2, 0.25) is 0 Å². The Kier molecular flexibility index (Phi) is 8.81. The molecule has 0 saturated carbocycles. The van der Waals surface area contributed by atoms with Crippen LogP contribution in [-0.2, 0) is 0 Å². The van der Waals surface area contributed by atoms with Crippen molar-refractivity contribution < 1.29 is 9.47 Å². The average Bonchev–Trinajstić information content (AvgIpc) is 2.73. The summed E-state index contributed by atoms with van der Waals surface area (Å²) in [6.45, 7) is 1.52. The summed E-state index contributed by atoms with van der Waals surface area (Å²) < 4.78 is 12.0. The summed E-state index contributed by atoms with van der Waals surface area (Å²) in [6.07, 6.45) is 12.8. The van der Waals surface area contributed by atoms with E-state index in [4.69, 9.17) is 9.47 Å². The molecule has 0 saturated heterocycles. The van der Waals surface area contributed by atoms with Gasteiger partial charge in [0.05, 0.1) is 24.3 Å². The summed E-state index contributed by atoms with van der Waals surface area (Å²) in [7, 11) is 0. The van der Waals surface area contributed by atoms with Gasteiger partial charge in [0.15, 0.2) is 0 Å². The molecule has 2 aromatic rings. The van der Waals surface area contributed by atoms with Gasteiger partial charge >= 0.3 is 0 Å². The van der Waals surface area contributed by atoms with E-state index in [1.54, 1.807) is 0 Å². The van der Waals surface area contributed by atoms with Gasteiger partial charge in [-0.15, -0.1) is 0 Å². The maximum Gasteiger partial charge on any atom is 0.134 e. The number of hydrogen-bond acceptors (Lipinski definition) is 2. The molecule has 0 spiro atoms. The van der Waals surface area contributed by atoms with Gasteiger partial charge in [-0.25, -0.2) is 0 Å². The molecule has 1 aliphatic rings. The molecule has 0 fully saturated rings. The van der Waals surface area contributed by atoms with Crippen molar-refractivity contribution in [1.29, 1.82) is 0 Å². The quantitative estimate of drug-likeness (QED) is 0.473. The number of para-hydroxylation sites is 2. The molecule has 1 heterocycles. The Morgan fingerprint density at radius 2 is 0.821 bits per heavy atom. The fourth-order valence-electron chi connectivity index (χ4n) is 3.51. The third-order valence-corrected chi connectivity index (χ3v) is 5.16. The summed E-state index contributed by atoms with van der Waals surface area (Å²) >= 11 is 0. The van der Waals surface area contributed by atoms with Crippen molar-refractivity contribution in [2.45, 2.75) is 64.2 Å². The lowest BCUT2D eigenvalue weighted by Crippen LogP contribution is -2.00. The van der Waals surface area contributed by atoms with Crippen molar-refractivity contribution in [3.8, 4) is 23.3 Å². The van der Waals surface area contributed by atoms with Crippen LogP contribution < -0.4 is 9.47 Å². The lowest BCUT2D eigenvalue weighted by atomic mass is 10.1. The second-order valence-electron chi connectivity index (χ2n) is 7.47. The molecule has 0 radical (unpaired) electrons. The summed E-state index contributed by atoms with van der Waals surface area (Å²) in [6, 6.07) is 16.1. The summed E-state index contributed by atoms with van der Waals surface area (Å²) in [4.78, 5) is 0. The van der Waals surface area contributed by atoms with Crippen LogP contribution in [0.1, 0.15) is 75.3 Å². The Labute approximate surface area is 170 Å². The highest BCUT2D eigenvalue weighted by molar-refractivity contribution is 5.53. The highest BCUT2D eigenvalue weighted by Gasteiger charge is 2.03. The first-order chi connectivity index (χ1) is 13.9. The molecule has 0 atom stereocenters. The second-order valence-corrected chi connectivity index (χ2v) is 7.47. The van der Waals surface area contributed by atoms with Crippen LogP contribution in [0.25, 0.3) is 0 Å². The molecule has 0 bridgehead atoms. The Bertz CT molecular complexity index is 706. The first-order valence-corrected chi connectivity index (χ1v) is 10.9. The maximum atomic E-state index is 6.02. The van der Waals surface area contributed by atoms with Crippen molar-refractivity contribution in [2.75, 3.05) is 13.2 Å². The molecule has 0 N–H and O–H groups in total. The molecule has 148 valence electrons. The lowest BCUT2D eigenvalue weighted by Gasteiger charge is -2.09. The largest absolute Gasteiger partial charge is 0.492 e. The minimum Gasteiger partial charge on any atom is -0.492 e. The zero-order chi connectivity index (χ0) is 19.3. The standard InChI is InChI=1S/C26H32O2/c1-2-4-6-8-14-22-28-26-18-12-10-16-24(26)20-19-23-15-9-11-17-25(23)27-21-13-7-5-3-1/h9-12,15-18H,1-8,13-14,21-22H2. The van der Waals surface area contributed by atoms with E-state index in [-0.39, 0.29) is 0 Å². The van der Waals surface area contributed by atoms with Gasteiger partial charge in [-0.05, 0) is 37.1 Å². The smallest absolute Gasteiger partial charge is 0.134 e. The van der Waals surface area contributed by atoms with Gasteiger partial charge in [0, 0.05) is 0 Å². The second kappa shape index (κ2) is 12.1. The molecule has 28 heavy (non-hydrogen) atoms. The summed E-state index contributed by atoms with van der Waals surface area (Å²) in [5.41, 5.74) is 1.87. The van der Waals surface area contributed by atoms with E-state index in [0.717, 1.165) is 48.7 Å². The molecule has 1 aliphatic heterocycles. The molecule has 0 amide bonds. The van der Waals surface area contributed by atoms with Crippen LogP contribution in [0.3, 0.4) is 0 Å². The predicted molar refractivity (Wildman–Crippen MR) is 116 cm³/mol. The van der Waals surface area contributed by atoms with Crippen LogP contribution >= 0.6 is 0 Å². The highest BCUT2D eigenvalue weighted by atomic mass is 16.5. The molecule has 2 nitrogen and oxygen atoms in total. The zero-order valence-corrected chi connectivity index (χ0v) is 16.9. The number of ether oxygens (including phenoxy) is 2. The van der Waals surface area contributed by atoms with Gasteiger partial charge in [-0.3, -0.25) is 0 Å². The van der Waals surface area contributed by atoms with E-state index >= 15 is 0 Å². The van der Waals surface area contributed by atoms with Gasteiger partial charge in [0.1, 0.15) is 11.5 Å². The first kappa shape index (κ1) is 20.3. The van der Waals surface area contributed by atoms with Gasteiger partial charge in [-0.1, -0.05) is 87.5 Å². The van der Waals surface area contributed by atoms with E-state index in [1.807, 2.05) is 48.5 Å². The molecule has 2 heteroatoms. The van der Waals surface area contributed by atoms with Gasteiger partial charge in [0.25, 0.3) is 0 Å². The average molecular weight is 377 g/mol. The minimum atomic E-state index is 0.762. The molecule has 0 aliphatic carbocycles. The van der Waals surface area contributed by atoms with Crippen LogP contribution in [0.15, 0.2) is 48.5 Å². The number of benzene rings is 2. The molecule has 0 unspecified atom stereocenters. The maximum absolute atomic E-state index is 6.02. The van der Waals surface area contributed by atoms with Crippen molar-refractivity contribution in [1.82, 2.24) is 0 Å². The van der Waals surface area contributed by atoms with Crippen LogP contribution in [0, 0.1) is 11.8 Å². The van der Waals surface area contributed by atoms with E-state index in [1.165, 1.54) is 51.4 Å². The van der Waals surface area contributed by atoms with Crippen molar-refractivity contribution in [3.63, 3.8) is 0 Å². The van der Waals surface area contributed by atoms with Crippen LogP contribution in [0.2, 0.25) is 0 Å². The van der Waals surface area contributed by atoms with E-state index < -0.39 is 0 Å². The van der Waals surface area contributed by atoms with Crippen molar-refractivity contribution >= 4 is 0 Å². The molecular weight excluding hydrogens is 344 g/mol. The zero-order valence-electron chi connectivity index (χ0n) is 16.9. The lowest BCUT2D eigenvalue weighted by molar-refractivity contribution is 0.302. The number of fused-ring (bicyclic) bond motifs is 2. The summed E-state index contributed by atoms with van der Waals surface area (Å²) in [5.74, 6) is 8.33. The number of rotatable bonds is 0. The summed E-state index contributed by atoms with van der Waals surface area (Å²) in [5, 5.41) is 0. The minimum absolute atomic E-state index is 0.762. The van der Waals surface area contributed by atoms with Crippen LogP contribution in [-0.4, -0.2) is 13.2 Å². The molecule has 2 aromatic carbocycles. The predicted octanol–water partition coefficient (Wildman–Crippen LogP) is 6.76. The monoisotopic (exact) mass is 376 g/mol. The Morgan fingerprint density at radius 3 is 1.25 bits per heavy atom. The third kappa shape index (κ3) is 6.97. The Morgan fingerprint density at radius 1 is 0.464 bits per heavy atom.